The molecule has 1 saturated carbocycles. The fourth-order valence-electron chi connectivity index (χ4n) is 2.76. The average Bonchev–Trinajstić information content (AvgIpc) is 2.64. The third-order valence-corrected chi connectivity index (χ3v) is 4.86. The Hall–Kier alpha value is -0.180. The van der Waals surface area contributed by atoms with Crippen molar-refractivity contribution in [3.05, 3.63) is 0 Å². The van der Waals surface area contributed by atoms with Crippen molar-refractivity contribution in [1.29, 1.82) is 0 Å². The largest absolute Gasteiger partial charge is 0.362 e. The normalized spacial score (nSPS) is 37.6. The molecule has 0 amide bonds. The van der Waals surface area contributed by atoms with Crippen LogP contribution in [0.1, 0.15) is 46.0 Å². The highest BCUT2D eigenvalue weighted by atomic mass is 32.2. The first kappa shape index (κ1) is 12.3. The molecule has 0 spiro atoms. The highest BCUT2D eigenvalue weighted by Crippen LogP contribution is 2.30. The molecule has 0 radical (unpaired) electrons. The molecule has 1 aliphatic heterocycles. The van der Waals surface area contributed by atoms with Crippen LogP contribution in [0.5, 0.6) is 0 Å². The number of nitrogens with one attached hydrogen (secondary N) is 1. The van der Waals surface area contributed by atoms with Gasteiger partial charge in [0.15, 0.2) is 5.17 Å². The van der Waals surface area contributed by atoms with E-state index in [1.54, 1.807) is 0 Å². The molecule has 1 heterocycles. The SMILES string of the molecule is CC1CCCC(CCN=C2NC(C)CS2)C1. The van der Waals surface area contributed by atoms with Crippen molar-refractivity contribution < 1.29 is 0 Å². The summed E-state index contributed by atoms with van der Waals surface area (Å²) < 4.78 is 0. The smallest absolute Gasteiger partial charge is 0.156 e. The fraction of sp³-hybridized carbons (Fsp3) is 0.923. The lowest BCUT2D eigenvalue weighted by atomic mass is 9.81. The standard InChI is InChI=1S/C13H24N2S/c1-10-4-3-5-12(8-10)6-7-14-13-15-11(2)9-16-13/h10-12H,3-9H2,1-2H3,(H,14,15). The maximum Gasteiger partial charge on any atom is 0.156 e. The van der Waals surface area contributed by atoms with Gasteiger partial charge in [0.1, 0.15) is 0 Å². The Balaban J connectivity index is 1.67. The molecule has 16 heavy (non-hydrogen) atoms. The lowest BCUT2D eigenvalue weighted by Crippen LogP contribution is -2.23. The molecule has 1 saturated heterocycles. The van der Waals surface area contributed by atoms with Gasteiger partial charge in [-0.05, 0) is 31.6 Å². The van der Waals surface area contributed by atoms with Gasteiger partial charge in [-0.3, -0.25) is 4.99 Å². The van der Waals surface area contributed by atoms with Gasteiger partial charge in [-0.25, -0.2) is 0 Å². The molecular formula is C13H24N2S. The van der Waals surface area contributed by atoms with Crippen molar-refractivity contribution in [2.45, 2.75) is 52.0 Å². The molecule has 92 valence electrons. The van der Waals surface area contributed by atoms with E-state index >= 15 is 0 Å². The van der Waals surface area contributed by atoms with E-state index in [-0.39, 0.29) is 0 Å². The Morgan fingerprint density at radius 3 is 2.94 bits per heavy atom. The van der Waals surface area contributed by atoms with Crippen LogP contribution in [0.4, 0.5) is 0 Å². The summed E-state index contributed by atoms with van der Waals surface area (Å²) in [5.41, 5.74) is 0. The molecule has 3 unspecified atom stereocenters. The van der Waals surface area contributed by atoms with Crippen LogP contribution in [-0.4, -0.2) is 23.5 Å². The maximum absolute atomic E-state index is 4.66. The minimum absolute atomic E-state index is 0.610. The number of hydrogen-bond donors (Lipinski definition) is 1. The molecule has 0 aromatic heterocycles. The van der Waals surface area contributed by atoms with E-state index < -0.39 is 0 Å². The fourth-order valence-corrected chi connectivity index (χ4v) is 3.72. The van der Waals surface area contributed by atoms with E-state index in [0.717, 1.165) is 18.4 Å². The van der Waals surface area contributed by atoms with Crippen molar-refractivity contribution in [2.75, 3.05) is 12.3 Å². The number of thioether (sulfide) groups is 1. The summed E-state index contributed by atoms with van der Waals surface area (Å²) in [6.45, 7) is 5.64. The Morgan fingerprint density at radius 2 is 2.25 bits per heavy atom. The lowest BCUT2D eigenvalue weighted by Gasteiger charge is -2.26. The lowest BCUT2D eigenvalue weighted by molar-refractivity contribution is 0.273. The molecule has 0 bridgehead atoms. The quantitative estimate of drug-likeness (QED) is 0.818. The van der Waals surface area contributed by atoms with Crippen LogP contribution in [0, 0.1) is 11.8 Å². The summed E-state index contributed by atoms with van der Waals surface area (Å²) in [6.07, 6.45) is 7.05. The molecule has 2 fully saturated rings. The van der Waals surface area contributed by atoms with Gasteiger partial charge in [-0.2, -0.15) is 0 Å². The van der Waals surface area contributed by atoms with Gasteiger partial charge in [0, 0.05) is 18.3 Å². The molecule has 3 heteroatoms. The van der Waals surface area contributed by atoms with Gasteiger partial charge in [0.2, 0.25) is 0 Å². The first-order valence-corrected chi connectivity index (χ1v) is 7.66. The average molecular weight is 240 g/mol. The van der Waals surface area contributed by atoms with E-state index in [9.17, 15) is 0 Å². The van der Waals surface area contributed by atoms with Crippen molar-refractivity contribution in [2.24, 2.45) is 16.8 Å². The van der Waals surface area contributed by atoms with Gasteiger partial charge in [0.25, 0.3) is 0 Å². The zero-order valence-electron chi connectivity index (χ0n) is 10.5. The van der Waals surface area contributed by atoms with Crippen molar-refractivity contribution in [1.82, 2.24) is 5.32 Å². The minimum Gasteiger partial charge on any atom is -0.362 e. The Kier molecular flexibility index (Phi) is 4.56. The third kappa shape index (κ3) is 3.69. The van der Waals surface area contributed by atoms with Crippen molar-refractivity contribution >= 4 is 16.9 Å². The summed E-state index contributed by atoms with van der Waals surface area (Å²) in [6, 6.07) is 0.610. The first-order valence-electron chi connectivity index (χ1n) is 6.68. The molecule has 2 nitrogen and oxygen atoms in total. The Labute approximate surface area is 104 Å². The van der Waals surface area contributed by atoms with Gasteiger partial charge in [-0.1, -0.05) is 37.9 Å². The Morgan fingerprint density at radius 1 is 1.38 bits per heavy atom. The minimum atomic E-state index is 0.610. The topological polar surface area (TPSA) is 24.4 Å². The number of rotatable bonds is 3. The van der Waals surface area contributed by atoms with E-state index in [1.807, 2.05) is 11.8 Å². The molecule has 2 aliphatic rings. The molecular weight excluding hydrogens is 216 g/mol. The van der Waals surface area contributed by atoms with Crippen LogP contribution in [0.3, 0.4) is 0 Å². The van der Waals surface area contributed by atoms with Crippen molar-refractivity contribution in [3.63, 3.8) is 0 Å². The zero-order valence-corrected chi connectivity index (χ0v) is 11.4. The van der Waals surface area contributed by atoms with Crippen LogP contribution in [-0.2, 0) is 0 Å². The molecule has 0 aromatic rings. The van der Waals surface area contributed by atoms with Crippen LogP contribution >= 0.6 is 11.8 Å². The summed E-state index contributed by atoms with van der Waals surface area (Å²) in [4.78, 5) is 4.66. The monoisotopic (exact) mass is 240 g/mol. The highest BCUT2D eigenvalue weighted by Gasteiger charge is 2.19. The zero-order chi connectivity index (χ0) is 11.4. The van der Waals surface area contributed by atoms with Gasteiger partial charge in [0.05, 0.1) is 0 Å². The van der Waals surface area contributed by atoms with E-state index in [4.69, 9.17) is 0 Å². The van der Waals surface area contributed by atoms with Crippen LogP contribution in [0.15, 0.2) is 4.99 Å². The molecule has 1 N–H and O–H groups in total. The Bertz CT molecular complexity index is 252. The van der Waals surface area contributed by atoms with Gasteiger partial charge >= 0.3 is 0 Å². The first-order chi connectivity index (χ1) is 7.74. The van der Waals surface area contributed by atoms with Gasteiger partial charge in [-0.15, -0.1) is 0 Å². The number of aliphatic imine (C=N–C) groups is 1. The van der Waals surface area contributed by atoms with E-state index in [0.29, 0.717) is 6.04 Å². The highest BCUT2D eigenvalue weighted by molar-refractivity contribution is 8.14. The van der Waals surface area contributed by atoms with Crippen LogP contribution in [0.2, 0.25) is 0 Å². The van der Waals surface area contributed by atoms with Crippen LogP contribution < -0.4 is 5.32 Å². The molecule has 0 aromatic carbocycles. The second-order valence-electron chi connectivity index (χ2n) is 5.47. The summed E-state index contributed by atoms with van der Waals surface area (Å²) in [5, 5.41) is 4.59. The summed E-state index contributed by atoms with van der Waals surface area (Å²) in [7, 11) is 0. The molecule has 2 rings (SSSR count). The number of nitrogens with zero attached hydrogens (tertiary/aromatic N) is 1. The predicted octanol–water partition coefficient (Wildman–Crippen LogP) is 3.28. The number of hydrogen-bond acceptors (Lipinski definition) is 2. The molecule has 1 aliphatic carbocycles. The summed E-state index contributed by atoms with van der Waals surface area (Å²) in [5.74, 6) is 3.07. The second-order valence-corrected chi connectivity index (χ2v) is 6.48. The van der Waals surface area contributed by atoms with Crippen LogP contribution in [0.25, 0.3) is 0 Å². The maximum atomic E-state index is 4.66. The predicted molar refractivity (Wildman–Crippen MR) is 73.1 cm³/mol. The second kappa shape index (κ2) is 5.95. The van der Waals surface area contributed by atoms with Crippen molar-refractivity contribution in [3.8, 4) is 0 Å². The van der Waals surface area contributed by atoms with Gasteiger partial charge < -0.3 is 5.32 Å². The third-order valence-electron chi connectivity index (χ3n) is 3.68. The van der Waals surface area contributed by atoms with E-state index in [1.165, 1.54) is 43.0 Å². The molecule has 3 atom stereocenters. The summed E-state index contributed by atoms with van der Waals surface area (Å²) >= 11 is 1.88. The number of amidine groups is 1. The van der Waals surface area contributed by atoms with E-state index in [2.05, 4.69) is 24.2 Å².